The second-order valence-electron chi connectivity index (χ2n) is 6.64. The first-order valence-corrected chi connectivity index (χ1v) is 7.99. The maximum atomic E-state index is 12.5. The lowest BCUT2D eigenvalue weighted by Crippen LogP contribution is -2.47. The van der Waals surface area contributed by atoms with Crippen molar-refractivity contribution in [3.63, 3.8) is 0 Å². The topological polar surface area (TPSA) is 58.8 Å². The molecule has 0 bridgehead atoms. The van der Waals surface area contributed by atoms with Crippen LogP contribution < -0.4 is 15.4 Å². The Kier molecular flexibility index (Phi) is 4.10. The van der Waals surface area contributed by atoms with Crippen LogP contribution in [0.25, 0.3) is 0 Å². The Balaban J connectivity index is 1.90. The van der Waals surface area contributed by atoms with E-state index in [2.05, 4.69) is 4.90 Å². The van der Waals surface area contributed by atoms with Crippen molar-refractivity contribution in [3.05, 3.63) is 23.8 Å². The number of ether oxygens (including phenoxy) is 1. The van der Waals surface area contributed by atoms with Crippen molar-refractivity contribution in [2.75, 3.05) is 32.1 Å². The van der Waals surface area contributed by atoms with Crippen molar-refractivity contribution in [3.8, 4) is 5.75 Å². The molecule has 1 amide bonds. The first kappa shape index (κ1) is 15.3. The average Bonchev–Trinajstić information content (AvgIpc) is 3.31. The fourth-order valence-corrected chi connectivity index (χ4v) is 2.89. The van der Waals surface area contributed by atoms with Crippen molar-refractivity contribution >= 4 is 11.6 Å². The number of nitrogens with zero attached hydrogens (tertiary/aromatic N) is 2. The summed E-state index contributed by atoms with van der Waals surface area (Å²) >= 11 is 0. The van der Waals surface area contributed by atoms with Crippen molar-refractivity contribution < 1.29 is 9.53 Å². The van der Waals surface area contributed by atoms with Crippen LogP contribution in [0.3, 0.4) is 0 Å². The van der Waals surface area contributed by atoms with Gasteiger partial charge >= 0.3 is 0 Å². The van der Waals surface area contributed by atoms with E-state index in [4.69, 9.17) is 10.5 Å². The lowest BCUT2D eigenvalue weighted by atomic mass is 10.0. The Hall–Kier alpha value is -1.59. The van der Waals surface area contributed by atoms with Crippen molar-refractivity contribution in [2.45, 2.75) is 31.9 Å². The molecule has 2 atom stereocenters. The maximum absolute atomic E-state index is 12.5. The number of carbonyl (C=O) groups excluding carboxylic acids is 1. The Morgan fingerprint density at radius 3 is 2.77 bits per heavy atom. The molecule has 1 aromatic carbocycles. The molecule has 0 aromatic heterocycles. The molecule has 3 rings (SSSR count). The molecule has 1 fully saturated rings. The number of nitrogens with two attached hydrogens (primary N) is 1. The predicted molar refractivity (Wildman–Crippen MR) is 87.1 cm³/mol. The highest BCUT2D eigenvalue weighted by Gasteiger charge is 2.34. The zero-order valence-corrected chi connectivity index (χ0v) is 13.6. The summed E-state index contributed by atoms with van der Waals surface area (Å²) in [7, 11) is 4.02. The van der Waals surface area contributed by atoms with Crippen LogP contribution in [-0.2, 0) is 4.79 Å². The molecule has 2 unspecified atom stereocenters. The summed E-state index contributed by atoms with van der Waals surface area (Å²) in [5.74, 6) is 1.39. The van der Waals surface area contributed by atoms with Gasteiger partial charge in [-0.25, -0.2) is 0 Å². The molecular formula is C17H25N3O2. The van der Waals surface area contributed by atoms with Crippen molar-refractivity contribution in [1.29, 1.82) is 0 Å². The Labute approximate surface area is 132 Å². The summed E-state index contributed by atoms with van der Waals surface area (Å²) in [4.78, 5) is 16.4. The molecule has 0 saturated heterocycles. The molecule has 1 heterocycles. The first-order chi connectivity index (χ1) is 10.5. The summed E-state index contributed by atoms with van der Waals surface area (Å²) < 4.78 is 5.75. The highest BCUT2D eigenvalue weighted by atomic mass is 16.5. The largest absolute Gasteiger partial charge is 0.479 e. The lowest BCUT2D eigenvalue weighted by Gasteiger charge is -2.34. The van der Waals surface area contributed by atoms with E-state index in [-0.39, 0.29) is 11.9 Å². The van der Waals surface area contributed by atoms with Crippen LogP contribution in [0.15, 0.2) is 18.2 Å². The third kappa shape index (κ3) is 2.96. The molecule has 5 heteroatoms. The monoisotopic (exact) mass is 303 g/mol. The summed E-state index contributed by atoms with van der Waals surface area (Å²) in [5, 5.41) is 0. The van der Waals surface area contributed by atoms with Crippen LogP contribution in [0.4, 0.5) is 5.69 Å². The fraction of sp³-hybridized carbons (Fsp3) is 0.588. The normalized spacial score (nSPS) is 22.5. The third-order valence-corrected chi connectivity index (χ3v) is 4.48. The highest BCUT2D eigenvalue weighted by Crippen LogP contribution is 2.42. The molecule has 1 aliphatic carbocycles. The van der Waals surface area contributed by atoms with E-state index < -0.39 is 6.10 Å². The lowest BCUT2D eigenvalue weighted by molar-refractivity contribution is -0.125. The summed E-state index contributed by atoms with van der Waals surface area (Å²) in [6.07, 6.45) is 1.97. The average molecular weight is 303 g/mol. The van der Waals surface area contributed by atoms with Crippen molar-refractivity contribution in [1.82, 2.24) is 4.90 Å². The molecule has 2 aliphatic rings. The van der Waals surface area contributed by atoms with Crippen LogP contribution >= 0.6 is 0 Å². The molecule has 0 radical (unpaired) electrons. The fourth-order valence-electron chi connectivity index (χ4n) is 2.89. The van der Waals surface area contributed by atoms with Gasteiger partial charge in [0.05, 0.1) is 5.69 Å². The number of likely N-dealkylation sites (N-methyl/N-ethyl adjacent to an activating group) is 1. The summed E-state index contributed by atoms with van der Waals surface area (Å²) in [6, 6.07) is 6.10. The molecule has 1 aliphatic heterocycles. The maximum Gasteiger partial charge on any atom is 0.267 e. The number of benzene rings is 1. The van der Waals surface area contributed by atoms with Gasteiger partial charge in [0.1, 0.15) is 5.75 Å². The number of hydrogen-bond acceptors (Lipinski definition) is 4. The van der Waals surface area contributed by atoms with Gasteiger partial charge in [-0.2, -0.15) is 0 Å². The minimum atomic E-state index is -0.433. The number of anilines is 1. The molecule has 0 spiro atoms. The zero-order valence-electron chi connectivity index (χ0n) is 13.6. The second-order valence-corrected chi connectivity index (χ2v) is 6.64. The van der Waals surface area contributed by atoms with E-state index in [0.29, 0.717) is 12.5 Å². The third-order valence-electron chi connectivity index (χ3n) is 4.48. The minimum absolute atomic E-state index is 0.0199. The van der Waals surface area contributed by atoms with Crippen LogP contribution in [-0.4, -0.2) is 44.1 Å². The van der Waals surface area contributed by atoms with Crippen LogP contribution in [0.2, 0.25) is 0 Å². The van der Waals surface area contributed by atoms with E-state index in [9.17, 15) is 4.79 Å². The van der Waals surface area contributed by atoms with E-state index in [1.165, 1.54) is 12.8 Å². The number of hydrogen-bond donors (Lipinski definition) is 1. The van der Waals surface area contributed by atoms with Gasteiger partial charge in [0.25, 0.3) is 5.91 Å². The van der Waals surface area contributed by atoms with Gasteiger partial charge in [-0.1, -0.05) is 6.07 Å². The second kappa shape index (κ2) is 5.89. The van der Waals surface area contributed by atoms with E-state index in [0.717, 1.165) is 23.5 Å². The van der Waals surface area contributed by atoms with Crippen LogP contribution in [0.1, 0.15) is 31.4 Å². The number of rotatable bonds is 5. The van der Waals surface area contributed by atoms with E-state index >= 15 is 0 Å². The first-order valence-electron chi connectivity index (χ1n) is 7.99. The molecule has 1 aromatic rings. The molecule has 120 valence electrons. The van der Waals surface area contributed by atoms with Crippen molar-refractivity contribution in [2.24, 2.45) is 11.7 Å². The number of fused-ring (bicyclic) bond motifs is 1. The number of amides is 1. The Morgan fingerprint density at radius 2 is 2.14 bits per heavy atom. The van der Waals surface area contributed by atoms with Gasteiger partial charge in [-0.05, 0) is 57.5 Å². The SMILES string of the molecule is CC1Oc2ccc(C(N)C3CC3)cc2N(CCN(C)C)C1=O. The number of carbonyl (C=O) groups is 1. The summed E-state index contributed by atoms with van der Waals surface area (Å²) in [6.45, 7) is 3.28. The van der Waals surface area contributed by atoms with E-state index in [1.54, 1.807) is 6.92 Å². The standard InChI is InChI=1S/C17H25N3O2/c1-11-17(21)20(9-8-19(2)3)14-10-13(6-7-15(14)22-11)16(18)12-4-5-12/h6-7,10-12,16H,4-5,8-9,18H2,1-3H3. The molecule has 2 N–H and O–H groups in total. The predicted octanol–water partition coefficient (Wildman–Crippen LogP) is 1.77. The molecule has 22 heavy (non-hydrogen) atoms. The minimum Gasteiger partial charge on any atom is -0.479 e. The van der Waals surface area contributed by atoms with Gasteiger partial charge in [-0.15, -0.1) is 0 Å². The zero-order chi connectivity index (χ0) is 15.9. The Morgan fingerprint density at radius 1 is 1.41 bits per heavy atom. The summed E-state index contributed by atoms with van der Waals surface area (Å²) in [5.41, 5.74) is 8.27. The van der Waals surface area contributed by atoms with Gasteiger partial charge in [0.15, 0.2) is 6.10 Å². The smallest absolute Gasteiger partial charge is 0.267 e. The quantitative estimate of drug-likeness (QED) is 0.900. The van der Waals surface area contributed by atoms with Gasteiger partial charge < -0.3 is 20.3 Å². The van der Waals surface area contributed by atoms with Gasteiger partial charge in [0.2, 0.25) is 0 Å². The molecular weight excluding hydrogens is 278 g/mol. The van der Waals surface area contributed by atoms with Gasteiger partial charge in [-0.3, -0.25) is 4.79 Å². The van der Waals surface area contributed by atoms with E-state index in [1.807, 2.05) is 37.2 Å². The molecule has 5 nitrogen and oxygen atoms in total. The van der Waals surface area contributed by atoms with Gasteiger partial charge in [0, 0.05) is 19.1 Å². The van der Waals surface area contributed by atoms with Crippen LogP contribution in [0, 0.1) is 5.92 Å². The molecule has 1 saturated carbocycles. The highest BCUT2D eigenvalue weighted by molar-refractivity contribution is 5.99. The Bertz CT molecular complexity index is 569. The van der Waals surface area contributed by atoms with Crippen LogP contribution in [0.5, 0.6) is 5.75 Å².